The van der Waals surface area contributed by atoms with Crippen LogP contribution in [0.3, 0.4) is 0 Å². The first-order valence-corrected chi connectivity index (χ1v) is 25.2. The predicted octanol–water partition coefficient (Wildman–Crippen LogP) is 9.10. The standard InChI is InChI=1S/C8H18N2.2C8H17N.2C7H14O2.2C6H12O2/c1-8(2)10-6-4-9(3)5-7-10;2*1-8(2)9-6-4-3-5-7-9;1-6(2)7-3-8-5-9-4-7;1-6(2)7-8-4-3-5-9-7;1-5(2)6-3-7-4-8-6;1-5(2)6-7-3-4-8-6/h8H,4-7H2,1-3H3;2*8H,3-7H2,1-2H3;2*6-7H,3-5H2,1-2H3;2*5-6H,3-4H2,1-2H3. The van der Waals surface area contributed by atoms with Crippen LogP contribution in [0, 0.1) is 29.6 Å². The number of hydrogen-bond acceptors (Lipinski definition) is 12. The molecule has 62 heavy (non-hydrogen) atoms. The van der Waals surface area contributed by atoms with E-state index in [2.05, 4.69) is 124 Å². The molecule has 7 saturated heterocycles. The zero-order valence-electron chi connectivity index (χ0n) is 43.4. The Morgan fingerprint density at radius 1 is 0.355 bits per heavy atom. The van der Waals surface area contributed by atoms with Crippen LogP contribution in [0.2, 0.25) is 0 Å². The Bertz CT molecular complexity index is 854. The highest BCUT2D eigenvalue weighted by Crippen LogP contribution is 2.16. The van der Waals surface area contributed by atoms with Gasteiger partial charge in [0.25, 0.3) is 0 Å². The molecule has 1 atom stereocenters. The highest BCUT2D eigenvalue weighted by atomic mass is 16.7. The van der Waals surface area contributed by atoms with Crippen LogP contribution in [-0.4, -0.2) is 176 Å². The molecule has 7 aliphatic rings. The molecule has 7 aliphatic heterocycles. The van der Waals surface area contributed by atoms with Crippen molar-refractivity contribution in [1.29, 1.82) is 0 Å². The summed E-state index contributed by atoms with van der Waals surface area (Å²) in [6.07, 6.45) is 10.1. The Hall–Kier alpha value is -0.480. The summed E-state index contributed by atoms with van der Waals surface area (Å²) in [6, 6.07) is 2.27. The Morgan fingerprint density at radius 3 is 1.02 bits per heavy atom. The van der Waals surface area contributed by atoms with Gasteiger partial charge in [0.2, 0.25) is 0 Å². The molecule has 12 nitrogen and oxygen atoms in total. The van der Waals surface area contributed by atoms with Gasteiger partial charge in [-0.25, -0.2) is 0 Å². The zero-order chi connectivity index (χ0) is 46.3. The van der Waals surface area contributed by atoms with Crippen molar-refractivity contribution < 1.29 is 37.9 Å². The fourth-order valence-corrected chi connectivity index (χ4v) is 7.48. The summed E-state index contributed by atoms with van der Waals surface area (Å²) in [7, 11) is 2.19. The molecule has 0 aromatic carbocycles. The molecule has 0 amide bonds. The Kier molecular flexibility index (Phi) is 35.2. The van der Waals surface area contributed by atoms with Gasteiger partial charge in [-0.3, -0.25) is 4.90 Å². The van der Waals surface area contributed by atoms with Crippen LogP contribution in [0.25, 0.3) is 0 Å². The monoisotopic (exact) mass is 889 g/mol. The molecule has 0 radical (unpaired) electrons. The normalized spacial score (nSPS) is 24.0. The summed E-state index contributed by atoms with van der Waals surface area (Å²) in [5.41, 5.74) is 0. The molecule has 7 rings (SSSR count). The molecule has 1 unspecified atom stereocenters. The second-order valence-corrected chi connectivity index (χ2v) is 20.2. The molecule has 372 valence electrons. The first-order valence-electron chi connectivity index (χ1n) is 25.2. The average molecular weight is 889 g/mol. The Balaban J connectivity index is 0.000000362. The van der Waals surface area contributed by atoms with E-state index in [1.807, 2.05) is 0 Å². The maximum atomic E-state index is 5.32. The van der Waals surface area contributed by atoms with Crippen LogP contribution in [0.4, 0.5) is 0 Å². The molecule has 7 heterocycles. The van der Waals surface area contributed by atoms with Gasteiger partial charge < -0.3 is 52.6 Å². The molecule has 7 fully saturated rings. The van der Waals surface area contributed by atoms with E-state index in [1.54, 1.807) is 0 Å². The Morgan fingerprint density at radius 2 is 0.742 bits per heavy atom. The molecule has 0 saturated carbocycles. The van der Waals surface area contributed by atoms with Gasteiger partial charge in [-0.15, -0.1) is 0 Å². The minimum Gasteiger partial charge on any atom is -0.355 e. The SMILES string of the molecule is CC(C)C1COCO1.CC(C)C1COCOC1.CC(C)C1OCCCO1.CC(C)C1OCCO1.CC(C)N1CCCCC1.CC(C)N1CCCCC1.CC(C)N1CCN(C)CC1. The van der Waals surface area contributed by atoms with Crippen molar-refractivity contribution in [1.82, 2.24) is 19.6 Å². The van der Waals surface area contributed by atoms with E-state index in [4.69, 9.17) is 37.9 Å². The summed E-state index contributed by atoms with van der Waals surface area (Å²) in [4.78, 5) is 10.0. The number of likely N-dealkylation sites (N-methyl/N-ethyl adjacent to an activating group) is 1. The summed E-state index contributed by atoms with van der Waals surface area (Å²) < 4.78 is 41.4. The molecule has 0 N–H and O–H groups in total. The second-order valence-electron chi connectivity index (χ2n) is 20.2. The van der Waals surface area contributed by atoms with Gasteiger partial charge in [0.05, 0.1) is 52.4 Å². The highest BCUT2D eigenvalue weighted by Gasteiger charge is 2.21. The summed E-state index contributed by atoms with van der Waals surface area (Å²) in [6.45, 7) is 47.8. The summed E-state index contributed by atoms with van der Waals surface area (Å²) >= 11 is 0. The minimum atomic E-state index is 0.0544. The quantitative estimate of drug-likeness (QED) is 0.245. The molecule has 12 heteroatoms. The predicted molar refractivity (Wildman–Crippen MR) is 257 cm³/mol. The van der Waals surface area contributed by atoms with Gasteiger partial charge >= 0.3 is 0 Å². The van der Waals surface area contributed by atoms with Crippen molar-refractivity contribution in [2.24, 2.45) is 29.6 Å². The van der Waals surface area contributed by atoms with Gasteiger partial charge in [-0.2, -0.15) is 0 Å². The first kappa shape index (κ1) is 59.5. The molecule has 0 aromatic heterocycles. The minimum absolute atomic E-state index is 0.0544. The van der Waals surface area contributed by atoms with Crippen LogP contribution in [0.15, 0.2) is 0 Å². The fourth-order valence-electron chi connectivity index (χ4n) is 7.48. The van der Waals surface area contributed by atoms with Crippen LogP contribution < -0.4 is 0 Å². The van der Waals surface area contributed by atoms with E-state index in [0.29, 0.717) is 49.3 Å². The molecular formula is C50H104N4O8. The number of nitrogens with zero attached hydrogens (tertiary/aromatic N) is 4. The Labute approximate surface area is 384 Å². The van der Waals surface area contributed by atoms with E-state index >= 15 is 0 Å². The number of piperazine rings is 1. The third-order valence-corrected chi connectivity index (χ3v) is 12.3. The van der Waals surface area contributed by atoms with Crippen LogP contribution >= 0.6 is 0 Å². The summed E-state index contributed by atoms with van der Waals surface area (Å²) in [5.74, 6) is 2.88. The topological polar surface area (TPSA) is 86.8 Å². The van der Waals surface area contributed by atoms with Crippen molar-refractivity contribution in [3.63, 3.8) is 0 Å². The highest BCUT2D eigenvalue weighted by molar-refractivity contribution is 4.72. The summed E-state index contributed by atoms with van der Waals surface area (Å²) in [5, 5.41) is 0. The largest absolute Gasteiger partial charge is 0.355 e. The van der Waals surface area contributed by atoms with Gasteiger partial charge in [-0.05, 0) is 119 Å². The lowest BCUT2D eigenvalue weighted by atomic mass is 9.98. The third kappa shape index (κ3) is 29.2. The number of hydrogen-bond donors (Lipinski definition) is 0. The van der Waals surface area contributed by atoms with E-state index < -0.39 is 0 Å². The van der Waals surface area contributed by atoms with E-state index in [-0.39, 0.29) is 12.6 Å². The average Bonchev–Trinajstić information content (AvgIpc) is 4.04. The maximum Gasteiger partial charge on any atom is 0.160 e. The fraction of sp³-hybridized carbons (Fsp3) is 1.00. The second kappa shape index (κ2) is 36.6. The van der Waals surface area contributed by atoms with Crippen molar-refractivity contribution in [2.45, 2.75) is 179 Å². The maximum absolute atomic E-state index is 5.32. The van der Waals surface area contributed by atoms with Crippen LogP contribution in [0.5, 0.6) is 0 Å². The van der Waals surface area contributed by atoms with Crippen molar-refractivity contribution in [2.75, 3.05) is 119 Å². The number of ether oxygens (including phenoxy) is 8. The van der Waals surface area contributed by atoms with E-state index in [1.165, 1.54) is 90.9 Å². The smallest absolute Gasteiger partial charge is 0.160 e. The van der Waals surface area contributed by atoms with Gasteiger partial charge in [0.15, 0.2) is 12.6 Å². The number of piperidine rings is 2. The first-order chi connectivity index (χ1) is 29.5. The molecule has 0 spiro atoms. The third-order valence-electron chi connectivity index (χ3n) is 12.3. The molecular weight excluding hydrogens is 785 g/mol. The van der Waals surface area contributed by atoms with Crippen molar-refractivity contribution in [3.8, 4) is 0 Å². The van der Waals surface area contributed by atoms with E-state index in [0.717, 1.165) is 70.8 Å². The van der Waals surface area contributed by atoms with E-state index in [9.17, 15) is 0 Å². The number of rotatable bonds is 7. The van der Waals surface area contributed by atoms with Gasteiger partial charge in [-0.1, -0.05) is 68.2 Å². The lowest BCUT2D eigenvalue weighted by Gasteiger charge is -2.34. The van der Waals surface area contributed by atoms with Gasteiger partial charge in [0.1, 0.15) is 13.6 Å². The zero-order valence-corrected chi connectivity index (χ0v) is 43.4. The lowest BCUT2D eigenvalue weighted by molar-refractivity contribution is -0.198. The lowest BCUT2D eigenvalue weighted by Crippen LogP contribution is -2.47. The van der Waals surface area contributed by atoms with Crippen LogP contribution in [0.1, 0.15) is 142 Å². The van der Waals surface area contributed by atoms with Crippen LogP contribution in [-0.2, 0) is 37.9 Å². The van der Waals surface area contributed by atoms with Crippen molar-refractivity contribution >= 4 is 0 Å². The number of likely N-dealkylation sites (tertiary alicyclic amines) is 2. The molecule has 0 aliphatic carbocycles. The molecule has 0 aromatic rings. The van der Waals surface area contributed by atoms with Gasteiger partial charge in [0, 0.05) is 62.1 Å². The van der Waals surface area contributed by atoms with Crippen molar-refractivity contribution in [3.05, 3.63) is 0 Å². The molecule has 0 bridgehead atoms.